The number of hydrogen-bond acceptors (Lipinski definition) is 0. The van der Waals surface area contributed by atoms with Gasteiger partial charge in [-0.25, -0.2) is 0 Å². The molecular formula is C15H28. The zero-order chi connectivity index (χ0) is 11.4. The van der Waals surface area contributed by atoms with Crippen LogP contribution >= 0.6 is 0 Å². The second kappa shape index (κ2) is 11.6. The summed E-state index contributed by atoms with van der Waals surface area (Å²) < 4.78 is 0. The summed E-state index contributed by atoms with van der Waals surface area (Å²) in [5, 5.41) is 0. The van der Waals surface area contributed by atoms with Crippen molar-refractivity contribution in [2.24, 2.45) is 5.92 Å². The predicted molar refractivity (Wildman–Crippen MR) is 71.1 cm³/mol. The largest absolute Gasteiger partial charge is 0.103 e. The van der Waals surface area contributed by atoms with E-state index >= 15 is 0 Å². The molecule has 0 nitrogen and oxygen atoms in total. The summed E-state index contributed by atoms with van der Waals surface area (Å²) in [5.41, 5.74) is 0. The third-order valence-electron chi connectivity index (χ3n) is 2.97. The van der Waals surface area contributed by atoms with Gasteiger partial charge in [-0.1, -0.05) is 57.6 Å². The Balaban J connectivity index is 2.98. The lowest BCUT2D eigenvalue weighted by molar-refractivity contribution is 0.535. The van der Waals surface area contributed by atoms with Gasteiger partial charge in [0.15, 0.2) is 0 Å². The summed E-state index contributed by atoms with van der Waals surface area (Å²) in [4.78, 5) is 0. The fourth-order valence-electron chi connectivity index (χ4n) is 1.76. The Hall–Kier alpha value is -0.520. The van der Waals surface area contributed by atoms with Gasteiger partial charge in [-0.2, -0.15) is 0 Å². The van der Waals surface area contributed by atoms with Crippen LogP contribution in [0.25, 0.3) is 0 Å². The maximum atomic E-state index is 3.81. The predicted octanol–water partition coefficient (Wildman–Crippen LogP) is 5.51. The van der Waals surface area contributed by atoms with Crippen molar-refractivity contribution >= 4 is 0 Å². The van der Waals surface area contributed by atoms with Gasteiger partial charge in [0.2, 0.25) is 0 Å². The van der Waals surface area contributed by atoms with Crippen LogP contribution in [0.1, 0.15) is 64.7 Å². The van der Waals surface area contributed by atoms with E-state index in [4.69, 9.17) is 0 Å². The van der Waals surface area contributed by atoms with E-state index in [-0.39, 0.29) is 0 Å². The average molecular weight is 208 g/mol. The number of rotatable bonds is 11. The molecule has 0 aromatic heterocycles. The van der Waals surface area contributed by atoms with Crippen molar-refractivity contribution < 1.29 is 0 Å². The molecule has 1 atom stereocenters. The van der Waals surface area contributed by atoms with Crippen LogP contribution in [0.15, 0.2) is 25.3 Å². The third-order valence-corrected chi connectivity index (χ3v) is 2.97. The van der Waals surface area contributed by atoms with Crippen molar-refractivity contribution in [1.82, 2.24) is 0 Å². The Morgan fingerprint density at radius 1 is 0.867 bits per heavy atom. The van der Waals surface area contributed by atoms with E-state index in [9.17, 15) is 0 Å². The van der Waals surface area contributed by atoms with Crippen LogP contribution in [0.5, 0.6) is 0 Å². The van der Waals surface area contributed by atoms with Gasteiger partial charge in [-0.05, 0) is 25.2 Å². The van der Waals surface area contributed by atoms with Gasteiger partial charge >= 0.3 is 0 Å². The molecule has 0 bridgehead atoms. The summed E-state index contributed by atoms with van der Waals surface area (Å²) in [6.45, 7) is 9.80. The quantitative estimate of drug-likeness (QED) is 0.310. The van der Waals surface area contributed by atoms with Crippen LogP contribution in [0.3, 0.4) is 0 Å². The van der Waals surface area contributed by atoms with Crippen LogP contribution in [-0.2, 0) is 0 Å². The Bertz CT molecular complexity index is 146. The fourth-order valence-corrected chi connectivity index (χ4v) is 1.76. The minimum Gasteiger partial charge on any atom is -0.103 e. The van der Waals surface area contributed by atoms with Gasteiger partial charge in [0, 0.05) is 0 Å². The second-order valence-electron chi connectivity index (χ2n) is 4.55. The first-order chi connectivity index (χ1) is 7.31. The molecular weight excluding hydrogens is 180 g/mol. The van der Waals surface area contributed by atoms with Crippen LogP contribution in [0.4, 0.5) is 0 Å². The fraction of sp³-hybridized carbons (Fsp3) is 0.733. The normalized spacial score (nSPS) is 12.3. The highest BCUT2D eigenvalue weighted by molar-refractivity contribution is 4.74. The topological polar surface area (TPSA) is 0 Å². The minimum absolute atomic E-state index is 0.706. The van der Waals surface area contributed by atoms with Crippen LogP contribution < -0.4 is 0 Å². The van der Waals surface area contributed by atoms with E-state index in [0.717, 1.165) is 0 Å². The summed E-state index contributed by atoms with van der Waals surface area (Å²) in [6, 6.07) is 0. The molecule has 0 saturated carbocycles. The highest BCUT2D eigenvalue weighted by Crippen LogP contribution is 2.13. The SMILES string of the molecule is C=CCCCCCCCCCC(C)C=C. The Morgan fingerprint density at radius 3 is 1.93 bits per heavy atom. The van der Waals surface area contributed by atoms with Crippen molar-refractivity contribution in [3.63, 3.8) is 0 Å². The van der Waals surface area contributed by atoms with E-state index in [1.165, 1.54) is 57.8 Å². The third kappa shape index (κ3) is 11.4. The van der Waals surface area contributed by atoms with E-state index in [2.05, 4.69) is 26.2 Å². The first-order valence-electron chi connectivity index (χ1n) is 6.54. The molecule has 0 heteroatoms. The molecule has 0 saturated heterocycles. The lowest BCUT2D eigenvalue weighted by Crippen LogP contribution is -1.88. The molecule has 0 N–H and O–H groups in total. The monoisotopic (exact) mass is 208 g/mol. The summed E-state index contributed by atoms with van der Waals surface area (Å²) in [5.74, 6) is 0.706. The molecule has 0 aliphatic heterocycles. The maximum Gasteiger partial charge on any atom is -0.0265 e. The first-order valence-corrected chi connectivity index (χ1v) is 6.54. The molecule has 0 aromatic carbocycles. The van der Waals surface area contributed by atoms with Gasteiger partial charge in [0.25, 0.3) is 0 Å². The highest BCUT2D eigenvalue weighted by atomic mass is 14.0. The molecule has 0 rings (SSSR count). The molecule has 0 aliphatic carbocycles. The summed E-state index contributed by atoms with van der Waals surface area (Å²) in [6.07, 6.45) is 16.3. The first kappa shape index (κ1) is 14.5. The van der Waals surface area contributed by atoms with Gasteiger partial charge in [-0.3, -0.25) is 0 Å². The van der Waals surface area contributed by atoms with Gasteiger partial charge in [0.05, 0.1) is 0 Å². The van der Waals surface area contributed by atoms with Crippen molar-refractivity contribution in [1.29, 1.82) is 0 Å². The van der Waals surface area contributed by atoms with Crippen molar-refractivity contribution in [2.45, 2.75) is 64.7 Å². The Labute approximate surface area is 96.5 Å². The van der Waals surface area contributed by atoms with Crippen LogP contribution in [-0.4, -0.2) is 0 Å². The summed E-state index contributed by atoms with van der Waals surface area (Å²) in [7, 11) is 0. The standard InChI is InChI=1S/C15H28/c1-4-6-7-8-9-10-11-12-13-14-15(3)5-2/h4-5,15H,1-2,6-14H2,3H3. The molecule has 0 amide bonds. The average Bonchev–Trinajstić information content (AvgIpc) is 2.26. The molecule has 1 unspecified atom stereocenters. The molecule has 88 valence electrons. The van der Waals surface area contributed by atoms with E-state index in [0.29, 0.717) is 5.92 Å². The zero-order valence-corrected chi connectivity index (χ0v) is 10.5. The van der Waals surface area contributed by atoms with Gasteiger partial charge in [-0.15, -0.1) is 13.2 Å². The highest BCUT2D eigenvalue weighted by Gasteiger charge is 1.96. The number of hydrogen-bond donors (Lipinski definition) is 0. The van der Waals surface area contributed by atoms with Crippen LogP contribution in [0, 0.1) is 5.92 Å². The van der Waals surface area contributed by atoms with Crippen LogP contribution in [0.2, 0.25) is 0 Å². The lowest BCUT2D eigenvalue weighted by atomic mass is 10.0. The van der Waals surface area contributed by atoms with E-state index < -0.39 is 0 Å². The van der Waals surface area contributed by atoms with Gasteiger partial charge in [0.1, 0.15) is 0 Å². The summed E-state index contributed by atoms with van der Waals surface area (Å²) >= 11 is 0. The maximum absolute atomic E-state index is 3.81. The zero-order valence-electron chi connectivity index (χ0n) is 10.5. The molecule has 0 spiro atoms. The van der Waals surface area contributed by atoms with Crippen molar-refractivity contribution in [2.75, 3.05) is 0 Å². The lowest BCUT2D eigenvalue weighted by Gasteiger charge is -2.05. The molecule has 0 radical (unpaired) electrons. The van der Waals surface area contributed by atoms with Crippen molar-refractivity contribution in [3.05, 3.63) is 25.3 Å². The molecule has 0 heterocycles. The minimum atomic E-state index is 0.706. The molecule has 0 aromatic rings. The van der Waals surface area contributed by atoms with E-state index in [1.54, 1.807) is 0 Å². The smallest absolute Gasteiger partial charge is 0.0265 e. The Morgan fingerprint density at radius 2 is 1.40 bits per heavy atom. The molecule has 0 fully saturated rings. The molecule has 15 heavy (non-hydrogen) atoms. The molecule has 0 aliphatic rings. The second-order valence-corrected chi connectivity index (χ2v) is 4.55. The number of allylic oxidation sites excluding steroid dienone is 2. The van der Waals surface area contributed by atoms with Gasteiger partial charge < -0.3 is 0 Å². The number of unbranched alkanes of at least 4 members (excludes halogenated alkanes) is 7. The van der Waals surface area contributed by atoms with Crippen molar-refractivity contribution in [3.8, 4) is 0 Å². The van der Waals surface area contributed by atoms with E-state index in [1.807, 2.05) is 6.08 Å². The Kier molecular flexibility index (Phi) is 11.2.